The maximum absolute atomic E-state index is 12.7. The molecule has 0 atom stereocenters. The molecule has 1 N–H and O–H groups in total. The SMILES string of the molecule is O=C(Nc1ccccc1Cc1ccccc1)c1ccc(CS(=O)(=O)c2ccccc2)o1. The summed E-state index contributed by atoms with van der Waals surface area (Å²) in [6, 6.07) is 28.7. The molecule has 0 saturated heterocycles. The van der Waals surface area contributed by atoms with E-state index in [1.807, 2.05) is 54.6 Å². The van der Waals surface area contributed by atoms with Crippen molar-refractivity contribution < 1.29 is 17.6 Å². The number of nitrogens with one attached hydrogen (secondary N) is 1. The van der Waals surface area contributed by atoms with Gasteiger partial charge in [0, 0.05) is 5.69 Å². The van der Waals surface area contributed by atoms with E-state index in [-0.39, 0.29) is 22.2 Å². The van der Waals surface area contributed by atoms with E-state index in [0.29, 0.717) is 12.1 Å². The van der Waals surface area contributed by atoms with Crippen molar-refractivity contribution in [2.24, 2.45) is 0 Å². The number of anilines is 1. The second-order valence-corrected chi connectivity index (χ2v) is 9.10. The van der Waals surface area contributed by atoms with Gasteiger partial charge in [-0.25, -0.2) is 8.42 Å². The molecule has 6 heteroatoms. The number of hydrogen-bond acceptors (Lipinski definition) is 4. The number of carbonyl (C=O) groups excluding carboxylic acids is 1. The molecule has 0 bridgehead atoms. The van der Waals surface area contributed by atoms with E-state index in [1.165, 1.54) is 24.3 Å². The molecule has 4 aromatic rings. The fourth-order valence-corrected chi connectivity index (χ4v) is 4.54. The van der Waals surface area contributed by atoms with Gasteiger partial charge in [0.05, 0.1) is 4.90 Å². The van der Waals surface area contributed by atoms with Crippen molar-refractivity contribution in [3.63, 3.8) is 0 Å². The fraction of sp³-hybridized carbons (Fsp3) is 0.0800. The smallest absolute Gasteiger partial charge is 0.291 e. The van der Waals surface area contributed by atoms with E-state index in [0.717, 1.165) is 11.1 Å². The highest BCUT2D eigenvalue weighted by atomic mass is 32.2. The van der Waals surface area contributed by atoms with Gasteiger partial charge in [0.1, 0.15) is 11.5 Å². The van der Waals surface area contributed by atoms with Crippen LogP contribution in [0.25, 0.3) is 0 Å². The number of para-hydroxylation sites is 1. The number of benzene rings is 3. The maximum Gasteiger partial charge on any atom is 0.291 e. The van der Waals surface area contributed by atoms with Gasteiger partial charge in [-0.05, 0) is 47.9 Å². The van der Waals surface area contributed by atoms with Crippen LogP contribution in [0.1, 0.15) is 27.4 Å². The summed E-state index contributed by atoms with van der Waals surface area (Å²) in [7, 11) is -3.55. The zero-order chi connectivity index (χ0) is 21.7. The highest BCUT2D eigenvalue weighted by molar-refractivity contribution is 7.90. The largest absolute Gasteiger partial charge is 0.455 e. The molecule has 3 aromatic carbocycles. The third kappa shape index (κ3) is 5.10. The normalized spacial score (nSPS) is 11.2. The average molecular weight is 432 g/mol. The first-order chi connectivity index (χ1) is 15.0. The first-order valence-electron chi connectivity index (χ1n) is 9.81. The molecular formula is C25H21NO4S. The summed E-state index contributed by atoms with van der Waals surface area (Å²) in [5.41, 5.74) is 2.79. The van der Waals surface area contributed by atoms with Gasteiger partial charge < -0.3 is 9.73 Å². The summed E-state index contributed by atoms with van der Waals surface area (Å²) < 4.78 is 30.6. The number of carbonyl (C=O) groups is 1. The third-order valence-electron chi connectivity index (χ3n) is 4.82. The van der Waals surface area contributed by atoms with E-state index in [2.05, 4.69) is 5.32 Å². The van der Waals surface area contributed by atoms with Crippen molar-refractivity contribution >= 4 is 21.4 Å². The van der Waals surface area contributed by atoms with Crippen LogP contribution in [0.2, 0.25) is 0 Å². The molecule has 0 spiro atoms. The lowest BCUT2D eigenvalue weighted by atomic mass is 10.0. The van der Waals surface area contributed by atoms with Crippen molar-refractivity contribution in [3.05, 3.63) is 120 Å². The molecule has 156 valence electrons. The average Bonchev–Trinajstić information content (AvgIpc) is 3.24. The minimum absolute atomic E-state index is 0.0628. The van der Waals surface area contributed by atoms with Crippen molar-refractivity contribution in [1.82, 2.24) is 0 Å². The van der Waals surface area contributed by atoms with Gasteiger partial charge in [-0.3, -0.25) is 4.79 Å². The van der Waals surface area contributed by atoms with Gasteiger partial charge in [-0.15, -0.1) is 0 Å². The molecule has 0 saturated carbocycles. The number of sulfone groups is 1. The maximum atomic E-state index is 12.7. The molecule has 1 heterocycles. The lowest BCUT2D eigenvalue weighted by Gasteiger charge is -2.10. The van der Waals surface area contributed by atoms with E-state index in [4.69, 9.17) is 4.42 Å². The van der Waals surface area contributed by atoms with Crippen LogP contribution >= 0.6 is 0 Å². The Bertz CT molecular complexity index is 1280. The van der Waals surface area contributed by atoms with E-state index in [9.17, 15) is 13.2 Å². The molecule has 0 unspecified atom stereocenters. The lowest BCUT2D eigenvalue weighted by Crippen LogP contribution is -2.12. The van der Waals surface area contributed by atoms with Crippen molar-refractivity contribution in [2.45, 2.75) is 17.1 Å². The second-order valence-electron chi connectivity index (χ2n) is 7.11. The lowest BCUT2D eigenvalue weighted by molar-refractivity contribution is 0.0995. The van der Waals surface area contributed by atoms with E-state index >= 15 is 0 Å². The van der Waals surface area contributed by atoms with Crippen LogP contribution in [-0.2, 0) is 22.0 Å². The van der Waals surface area contributed by atoms with Crippen LogP contribution in [0.4, 0.5) is 5.69 Å². The fourth-order valence-electron chi connectivity index (χ4n) is 3.27. The zero-order valence-corrected chi connectivity index (χ0v) is 17.5. The minimum atomic E-state index is -3.55. The number of amides is 1. The van der Waals surface area contributed by atoms with Crippen molar-refractivity contribution in [2.75, 3.05) is 5.32 Å². The first kappa shape index (κ1) is 20.6. The Hall–Kier alpha value is -3.64. The molecule has 0 aliphatic rings. The summed E-state index contributed by atoms with van der Waals surface area (Å²) in [5.74, 6) is -0.460. The van der Waals surface area contributed by atoms with Gasteiger partial charge in [0.25, 0.3) is 5.91 Å². The molecule has 5 nitrogen and oxygen atoms in total. The van der Waals surface area contributed by atoms with Crippen LogP contribution in [0.15, 0.2) is 106 Å². The zero-order valence-electron chi connectivity index (χ0n) is 16.7. The Balaban J connectivity index is 1.48. The van der Waals surface area contributed by atoms with Crippen molar-refractivity contribution in [1.29, 1.82) is 0 Å². The molecule has 31 heavy (non-hydrogen) atoms. The predicted octanol–water partition coefficient (Wildman–Crippen LogP) is 5.10. The molecule has 4 rings (SSSR count). The molecule has 1 amide bonds. The summed E-state index contributed by atoms with van der Waals surface area (Å²) in [5, 5.41) is 2.87. The summed E-state index contributed by atoms with van der Waals surface area (Å²) in [4.78, 5) is 12.9. The number of hydrogen-bond donors (Lipinski definition) is 1. The van der Waals surface area contributed by atoms with Gasteiger partial charge >= 0.3 is 0 Å². The minimum Gasteiger partial charge on any atom is -0.455 e. The van der Waals surface area contributed by atoms with Crippen molar-refractivity contribution in [3.8, 4) is 0 Å². The Morgan fingerprint density at radius 2 is 1.42 bits per heavy atom. The monoisotopic (exact) mass is 431 g/mol. The second kappa shape index (κ2) is 9.02. The third-order valence-corrected chi connectivity index (χ3v) is 6.48. The van der Waals surface area contributed by atoms with Crippen LogP contribution in [0.3, 0.4) is 0 Å². The topological polar surface area (TPSA) is 76.4 Å². The van der Waals surface area contributed by atoms with Gasteiger partial charge in [0.15, 0.2) is 15.6 Å². The highest BCUT2D eigenvalue weighted by Gasteiger charge is 2.19. The standard InChI is InChI=1S/C25H21NO4S/c27-25(26-23-14-8-7-11-20(23)17-19-9-3-1-4-10-19)24-16-15-21(30-24)18-31(28,29)22-12-5-2-6-13-22/h1-16H,17-18H2,(H,26,27). The molecule has 1 aromatic heterocycles. The highest BCUT2D eigenvalue weighted by Crippen LogP contribution is 2.22. The first-order valence-corrected chi connectivity index (χ1v) is 11.5. The van der Waals surface area contributed by atoms with E-state index in [1.54, 1.807) is 18.2 Å². The number of rotatable bonds is 7. The Kier molecular flexibility index (Phi) is 6.00. The quantitative estimate of drug-likeness (QED) is 0.442. The number of furan rings is 1. The molecule has 0 aliphatic heterocycles. The summed E-state index contributed by atoms with van der Waals surface area (Å²) in [6.07, 6.45) is 0.677. The Labute approximate surface area is 181 Å². The van der Waals surface area contributed by atoms with Gasteiger partial charge in [0.2, 0.25) is 0 Å². The summed E-state index contributed by atoms with van der Waals surface area (Å²) >= 11 is 0. The summed E-state index contributed by atoms with van der Waals surface area (Å²) in [6.45, 7) is 0. The van der Waals surface area contributed by atoms with Crippen LogP contribution in [0, 0.1) is 0 Å². The van der Waals surface area contributed by atoms with E-state index < -0.39 is 15.7 Å². The van der Waals surface area contributed by atoms with Crippen LogP contribution < -0.4 is 5.32 Å². The molecule has 0 fully saturated rings. The van der Waals surface area contributed by atoms with Gasteiger partial charge in [-0.2, -0.15) is 0 Å². The molecule has 0 aliphatic carbocycles. The molecule has 0 radical (unpaired) electrons. The van der Waals surface area contributed by atoms with Crippen LogP contribution in [0.5, 0.6) is 0 Å². The molecular weight excluding hydrogens is 410 g/mol. The van der Waals surface area contributed by atoms with Gasteiger partial charge in [-0.1, -0.05) is 66.7 Å². The van der Waals surface area contributed by atoms with Crippen LogP contribution in [-0.4, -0.2) is 14.3 Å². The predicted molar refractivity (Wildman–Crippen MR) is 120 cm³/mol. The Morgan fingerprint density at radius 3 is 2.16 bits per heavy atom. The Morgan fingerprint density at radius 1 is 0.774 bits per heavy atom.